The summed E-state index contributed by atoms with van der Waals surface area (Å²) in [4.78, 5) is 22.3. The second-order valence-electron chi connectivity index (χ2n) is 7.32. The van der Waals surface area contributed by atoms with Gasteiger partial charge in [0.2, 0.25) is 0 Å². The van der Waals surface area contributed by atoms with Crippen molar-refractivity contribution in [1.29, 1.82) is 0 Å². The van der Waals surface area contributed by atoms with Crippen LogP contribution in [0, 0.1) is 11.8 Å². The van der Waals surface area contributed by atoms with Gasteiger partial charge in [-0.25, -0.2) is 0 Å². The molecule has 0 aliphatic carbocycles. The summed E-state index contributed by atoms with van der Waals surface area (Å²) >= 11 is 0. The third-order valence-corrected chi connectivity index (χ3v) is 5.16. The molecule has 0 aromatic rings. The average molecular weight is 325 g/mol. The monoisotopic (exact) mass is 324 g/mol. The molecule has 3 heteroatoms. The zero-order valence-electron chi connectivity index (χ0n) is 15.3. The van der Waals surface area contributed by atoms with Crippen LogP contribution in [-0.4, -0.2) is 11.9 Å². The van der Waals surface area contributed by atoms with Crippen LogP contribution in [0.25, 0.3) is 0 Å². The summed E-state index contributed by atoms with van der Waals surface area (Å²) in [5.41, 5.74) is 0. The lowest BCUT2D eigenvalue weighted by Crippen LogP contribution is -2.06. The first-order chi connectivity index (χ1) is 11.1. The van der Waals surface area contributed by atoms with Crippen molar-refractivity contribution in [2.75, 3.05) is 0 Å². The molecule has 0 aromatic heterocycles. The summed E-state index contributed by atoms with van der Waals surface area (Å²) in [5.74, 6) is 0.101. The molecule has 2 atom stereocenters. The Balaban J connectivity index is 1.78. The summed E-state index contributed by atoms with van der Waals surface area (Å²) in [5, 5.41) is 0. The molecule has 23 heavy (non-hydrogen) atoms. The Morgan fingerprint density at radius 1 is 0.913 bits per heavy atom. The second kappa shape index (κ2) is 12.5. The number of esters is 2. The van der Waals surface area contributed by atoms with Crippen molar-refractivity contribution in [1.82, 2.24) is 0 Å². The van der Waals surface area contributed by atoms with Crippen molar-refractivity contribution in [2.45, 2.75) is 104 Å². The van der Waals surface area contributed by atoms with Crippen molar-refractivity contribution in [2.24, 2.45) is 11.8 Å². The van der Waals surface area contributed by atoms with Gasteiger partial charge in [-0.1, -0.05) is 90.9 Å². The normalized spacial score (nSPS) is 19.1. The molecule has 1 saturated heterocycles. The lowest BCUT2D eigenvalue weighted by molar-refractivity contribution is -0.153. The van der Waals surface area contributed by atoms with Crippen molar-refractivity contribution in [3.05, 3.63) is 0 Å². The molecule has 0 N–H and O–H groups in total. The van der Waals surface area contributed by atoms with E-state index >= 15 is 0 Å². The molecule has 134 valence electrons. The van der Waals surface area contributed by atoms with E-state index in [2.05, 4.69) is 18.6 Å². The van der Waals surface area contributed by atoms with Crippen LogP contribution in [0.4, 0.5) is 0 Å². The van der Waals surface area contributed by atoms with Gasteiger partial charge in [-0.2, -0.15) is 0 Å². The number of ether oxygens (including phenoxy) is 1. The molecule has 1 heterocycles. The van der Waals surface area contributed by atoms with E-state index in [4.69, 9.17) is 0 Å². The quantitative estimate of drug-likeness (QED) is 0.230. The van der Waals surface area contributed by atoms with Crippen LogP contribution < -0.4 is 0 Å². The molecule has 1 aliphatic heterocycles. The molecule has 0 saturated carbocycles. The predicted molar refractivity (Wildman–Crippen MR) is 94.1 cm³/mol. The van der Waals surface area contributed by atoms with E-state index in [-0.39, 0.29) is 17.9 Å². The molecule has 1 fully saturated rings. The topological polar surface area (TPSA) is 43.4 Å². The fourth-order valence-corrected chi connectivity index (χ4v) is 3.24. The van der Waals surface area contributed by atoms with Gasteiger partial charge < -0.3 is 4.74 Å². The van der Waals surface area contributed by atoms with Gasteiger partial charge >= 0.3 is 11.9 Å². The Bertz CT molecular complexity index is 338. The zero-order chi connectivity index (χ0) is 16.9. The molecule has 0 radical (unpaired) electrons. The van der Waals surface area contributed by atoms with Gasteiger partial charge in [-0.3, -0.25) is 9.59 Å². The Kier molecular flexibility index (Phi) is 11.0. The molecule has 0 amide bonds. The summed E-state index contributed by atoms with van der Waals surface area (Å²) in [6, 6.07) is 0. The number of hydrogen-bond acceptors (Lipinski definition) is 3. The SMILES string of the molecule is CCC(C)CCCCCCCCCCCCC1CC(=O)OC1=O. The number of unbranched alkanes of at least 4 members (excludes halogenated alkanes) is 9. The highest BCUT2D eigenvalue weighted by Crippen LogP contribution is 2.22. The van der Waals surface area contributed by atoms with Crippen molar-refractivity contribution in [3.8, 4) is 0 Å². The van der Waals surface area contributed by atoms with Crippen LogP contribution in [0.2, 0.25) is 0 Å². The Morgan fingerprint density at radius 2 is 1.43 bits per heavy atom. The highest BCUT2D eigenvalue weighted by atomic mass is 16.6. The number of carbonyl (C=O) groups excluding carboxylic acids is 2. The summed E-state index contributed by atoms with van der Waals surface area (Å²) in [7, 11) is 0. The predicted octanol–water partition coefficient (Wildman–Crippen LogP) is 5.80. The lowest BCUT2D eigenvalue weighted by atomic mass is 9.98. The largest absolute Gasteiger partial charge is 0.393 e. The van der Waals surface area contributed by atoms with E-state index in [9.17, 15) is 9.59 Å². The fraction of sp³-hybridized carbons (Fsp3) is 0.900. The van der Waals surface area contributed by atoms with E-state index < -0.39 is 0 Å². The van der Waals surface area contributed by atoms with Crippen LogP contribution in [0.1, 0.15) is 104 Å². The van der Waals surface area contributed by atoms with Crippen LogP contribution in [0.3, 0.4) is 0 Å². The van der Waals surface area contributed by atoms with Crippen LogP contribution >= 0.6 is 0 Å². The average Bonchev–Trinajstić information content (AvgIpc) is 2.85. The number of hydrogen-bond donors (Lipinski definition) is 0. The van der Waals surface area contributed by atoms with E-state index in [1.807, 2.05) is 0 Å². The van der Waals surface area contributed by atoms with Crippen molar-refractivity contribution >= 4 is 11.9 Å². The van der Waals surface area contributed by atoms with Gasteiger partial charge in [-0.15, -0.1) is 0 Å². The van der Waals surface area contributed by atoms with Gasteiger partial charge in [0.05, 0.1) is 12.3 Å². The standard InChI is InChI=1S/C20H36O3/c1-3-17(2)14-12-10-8-6-4-5-7-9-11-13-15-18-16-19(21)23-20(18)22/h17-18H,3-16H2,1-2H3. The van der Waals surface area contributed by atoms with Gasteiger partial charge in [0, 0.05) is 0 Å². The van der Waals surface area contributed by atoms with Crippen molar-refractivity contribution in [3.63, 3.8) is 0 Å². The van der Waals surface area contributed by atoms with E-state index in [1.165, 1.54) is 70.6 Å². The number of rotatable bonds is 14. The minimum atomic E-state index is -0.343. The first-order valence-corrected chi connectivity index (χ1v) is 9.88. The number of carbonyl (C=O) groups is 2. The van der Waals surface area contributed by atoms with E-state index in [1.54, 1.807) is 0 Å². The van der Waals surface area contributed by atoms with Gasteiger partial charge in [0.25, 0.3) is 0 Å². The molecule has 3 nitrogen and oxygen atoms in total. The fourth-order valence-electron chi connectivity index (χ4n) is 3.24. The molecule has 0 aromatic carbocycles. The summed E-state index contributed by atoms with van der Waals surface area (Å²) in [6.07, 6.45) is 16.9. The maximum absolute atomic E-state index is 11.3. The van der Waals surface area contributed by atoms with Gasteiger partial charge in [0.1, 0.15) is 0 Å². The van der Waals surface area contributed by atoms with Crippen LogP contribution in [0.15, 0.2) is 0 Å². The lowest BCUT2D eigenvalue weighted by Gasteiger charge is -2.07. The highest BCUT2D eigenvalue weighted by molar-refractivity contribution is 5.94. The van der Waals surface area contributed by atoms with Gasteiger partial charge in [0.15, 0.2) is 0 Å². The second-order valence-corrected chi connectivity index (χ2v) is 7.32. The first kappa shape index (κ1) is 20.2. The molecule has 1 rings (SSSR count). The highest BCUT2D eigenvalue weighted by Gasteiger charge is 2.32. The van der Waals surface area contributed by atoms with Gasteiger partial charge in [-0.05, 0) is 12.3 Å². The molecular weight excluding hydrogens is 288 g/mol. The van der Waals surface area contributed by atoms with Crippen LogP contribution in [0.5, 0.6) is 0 Å². The molecular formula is C20H36O3. The molecule has 2 unspecified atom stereocenters. The Morgan fingerprint density at radius 3 is 1.91 bits per heavy atom. The molecule has 0 spiro atoms. The molecule has 1 aliphatic rings. The first-order valence-electron chi connectivity index (χ1n) is 9.88. The zero-order valence-corrected chi connectivity index (χ0v) is 15.3. The Hall–Kier alpha value is -0.860. The minimum absolute atomic E-state index is 0.155. The maximum atomic E-state index is 11.3. The van der Waals surface area contributed by atoms with Crippen molar-refractivity contribution < 1.29 is 14.3 Å². The molecule has 0 bridgehead atoms. The third kappa shape index (κ3) is 9.78. The maximum Gasteiger partial charge on any atom is 0.317 e. The third-order valence-electron chi connectivity index (χ3n) is 5.16. The van der Waals surface area contributed by atoms with E-state index in [0.717, 1.165) is 18.8 Å². The number of cyclic esters (lactones) is 2. The minimum Gasteiger partial charge on any atom is -0.393 e. The van der Waals surface area contributed by atoms with Crippen LogP contribution in [-0.2, 0) is 14.3 Å². The summed E-state index contributed by atoms with van der Waals surface area (Å²) in [6.45, 7) is 4.64. The smallest absolute Gasteiger partial charge is 0.317 e. The Labute approximate surface area is 142 Å². The van der Waals surface area contributed by atoms with E-state index in [0.29, 0.717) is 6.42 Å². The summed E-state index contributed by atoms with van der Waals surface area (Å²) < 4.78 is 4.57.